The molecule has 0 amide bonds. The van der Waals surface area contributed by atoms with Crippen LogP contribution in [0.4, 0.5) is 0 Å². The zero-order chi connectivity index (χ0) is 12.4. The van der Waals surface area contributed by atoms with Gasteiger partial charge in [-0.25, -0.2) is 0 Å². The van der Waals surface area contributed by atoms with Crippen LogP contribution in [0.25, 0.3) is 0 Å². The fourth-order valence-electron chi connectivity index (χ4n) is 2.19. The molecule has 2 unspecified atom stereocenters. The number of halogens is 1. The summed E-state index contributed by atoms with van der Waals surface area (Å²) in [6, 6.07) is 5.93. The average molecular weight is 255 g/mol. The number of hydrogen-bond acceptors (Lipinski definition) is 2. The Bertz CT molecular complexity index is 388. The molecule has 1 aromatic rings. The van der Waals surface area contributed by atoms with Crippen molar-refractivity contribution in [1.82, 2.24) is 0 Å². The van der Waals surface area contributed by atoms with Gasteiger partial charge >= 0.3 is 0 Å². The minimum Gasteiger partial charge on any atom is -0.493 e. The van der Waals surface area contributed by atoms with E-state index >= 15 is 0 Å². The number of ether oxygens (including phenoxy) is 2. The number of alkyl halides is 1. The highest BCUT2D eigenvalue weighted by atomic mass is 35.5. The van der Waals surface area contributed by atoms with E-state index in [0.29, 0.717) is 5.92 Å². The smallest absolute Gasteiger partial charge is 0.161 e. The van der Waals surface area contributed by atoms with E-state index in [4.69, 9.17) is 21.1 Å². The molecule has 1 aliphatic rings. The normalized spacial score (nSPS) is 18.6. The van der Waals surface area contributed by atoms with Gasteiger partial charge in [-0.15, -0.1) is 11.6 Å². The fourth-order valence-corrected chi connectivity index (χ4v) is 2.53. The van der Waals surface area contributed by atoms with Crippen molar-refractivity contribution >= 4 is 11.6 Å². The first kappa shape index (κ1) is 12.6. The summed E-state index contributed by atoms with van der Waals surface area (Å²) in [7, 11) is 3.29. The highest BCUT2D eigenvalue weighted by Gasteiger charge is 2.33. The third-order valence-electron chi connectivity index (χ3n) is 3.55. The Balaban J connectivity index is 2.19. The van der Waals surface area contributed by atoms with Gasteiger partial charge in [0, 0.05) is 0 Å². The molecule has 1 aliphatic carbocycles. The Morgan fingerprint density at radius 2 is 1.82 bits per heavy atom. The zero-order valence-electron chi connectivity index (χ0n) is 10.6. The minimum absolute atomic E-state index is 0.0577. The number of benzene rings is 1. The van der Waals surface area contributed by atoms with Gasteiger partial charge in [0.1, 0.15) is 0 Å². The summed E-state index contributed by atoms with van der Waals surface area (Å²) in [4.78, 5) is 0. The predicted octanol–water partition coefficient (Wildman–Crippen LogP) is 4.03. The summed E-state index contributed by atoms with van der Waals surface area (Å²) in [5.41, 5.74) is 1.11. The zero-order valence-corrected chi connectivity index (χ0v) is 11.3. The molecule has 2 nitrogen and oxygen atoms in total. The van der Waals surface area contributed by atoms with Crippen LogP contribution in [0.15, 0.2) is 18.2 Å². The standard InChI is InChI=1S/C14H19ClO2/c1-9(10-4-5-10)14(15)11-6-7-12(16-2)13(8-11)17-3/h6-10,14H,4-5H2,1-3H3. The van der Waals surface area contributed by atoms with E-state index in [0.717, 1.165) is 23.0 Å². The van der Waals surface area contributed by atoms with Crippen LogP contribution in [0.2, 0.25) is 0 Å². The highest BCUT2D eigenvalue weighted by Crippen LogP contribution is 2.46. The molecule has 0 heterocycles. The summed E-state index contributed by atoms with van der Waals surface area (Å²) < 4.78 is 10.5. The summed E-state index contributed by atoms with van der Waals surface area (Å²) in [6.45, 7) is 2.23. The second kappa shape index (κ2) is 5.18. The molecule has 17 heavy (non-hydrogen) atoms. The maximum Gasteiger partial charge on any atom is 0.161 e. The van der Waals surface area contributed by atoms with Gasteiger partial charge in [0.05, 0.1) is 19.6 Å². The third-order valence-corrected chi connectivity index (χ3v) is 4.20. The Morgan fingerprint density at radius 1 is 1.18 bits per heavy atom. The Labute approximate surface area is 108 Å². The van der Waals surface area contributed by atoms with Crippen molar-refractivity contribution in [3.8, 4) is 11.5 Å². The minimum atomic E-state index is 0.0577. The largest absolute Gasteiger partial charge is 0.493 e. The van der Waals surface area contributed by atoms with E-state index in [-0.39, 0.29) is 5.38 Å². The van der Waals surface area contributed by atoms with Gasteiger partial charge in [-0.3, -0.25) is 0 Å². The fraction of sp³-hybridized carbons (Fsp3) is 0.571. The van der Waals surface area contributed by atoms with Crippen molar-refractivity contribution in [3.63, 3.8) is 0 Å². The molecule has 2 atom stereocenters. The van der Waals surface area contributed by atoms with E-state index in [1.54, 1.807) is 14.2 Å². The van der Waals surface area contributed by atoms with E-state index in [2.05, 4.69) is 6.92 Å². The molecule has 0 radical (unpaired) electrons. The van der Waals surface area contributed by atoms with Gasteiger partial charge in [-0.1, -0.05) is 13.0 Å². The number of methoxy groups -OCH3 is 2. The molecule has 0 saturated heterocycles. The van der Waals surface area contributed by atoms with Crippen molar-refractivity contribution in [3.05, 3.63) is 23.8 Å². The lowest BCUT2D eigenvalue weighted by Gasteiger charge is -2.19. The second-order valence-corrected chi connectivity index (χ2v) is 5.18. The molecule has 1 saturated carbocycles. The van der Waals surface area contributed by atoms with Gasteiger partial charge in [-0.2, -0.15) is 0 Å². The summed E-state index contributed by atoms with van der Waals surface area (Å²) in [5.74, 6) is 2.82. The molecule has 0 spiro atoms. The molecule has 0 aliphatic heterocycles. The SMILES string of the molecule is COc1ccc(C(Cl)C(C)C2CC2)cc1OC. The molecule has 0 aromatic heterocycles. The van der Waals surface area contributed by atoms with Gasteiger partial charge in [0.2, 0.25) is 0 Å². The van der Waals surface area contributed by atoms with Crippen molar-refractivity contribution in [2.75, 3.05) is 14.2 Å². The molecule has 3 heteroatoms. The highest BCUT2D eigenvalue weighted by molar-refractivity contribution is 6.21. The van der Waals surface area contributed by atoms with Gasteiger partial charge in [0.15, 0.2) is 11.5 Å². The van der Waals surface area contributed by atoms with E-state index in [1.165, 1.54) is 12.8 Å². The molecular formula is C14H19ClO2. The first-order valence-electron chi connectivity index (χ1n) is 6.03. The average Bonchev–Trinajstić information content (AvgIpc) is 3.20. The lowest BCUT2D eigenvalue weighted by molar-refractivity contribution is 0.354. The molecule has 1 aromatic carbocycles. The van der Waals surface area contributed by atoms with E-state index < -0.39 is 0 Å². The van der Waals surface area contributed by atoms with Crippen LogP contribution in [0.5, 0.6) is 11.5 Å². The Morgan fingerprint density at radius 3 is 2.35 bits per heavy atom. The lowest BCUT2D eigenvalue weighted by atomic mass is 9.96. The maximum absolute atomic E-state index is 6.52. The number of hydrogen-bond donors (Lipinski definition) is 0. The van der Waals surface area contributed by atoms with Crippen molar-refractivity contribution in [1.29, 1.82) is 0 Å². The summed E-state index contributed by atoms with van der Waals surface area (Å²) in [6.07, 6.45) is 2.63. The first-order valence-corrected chi connectivity index (χ1v) is 6.47. The first-order chi connectivity index (χ1) is 8.17. The van der Waals surface area contributed by atoms with Crippen LogP contribution in [-0.4, -0.2) is 14.2 Å². The van der Waals surface area contributed by atoms with Crippen LogP contribution in [0.1, 0.15) is 30.7 Å². The molecule has 94 valence electrons. The molecule has 0 N–H and O–H groups in total. The van der Waals surface area contributed by atoms with Gasteiger partial charge < -0.3 is 9.47 Å². The monoisotopic (exact) mass is 254 g/mol. The topological polar surface area (TPSA) is 18.5 Å². The third kappa shape index (κ3) is 2.68. The summed E-state index contributed by atoms with van der Waals surface area (Å²) in [5, 5.41) is 0.0577. The van der Waals surface area contributed by atoms with Crippen LogP contribution in [0, 0.1) is 11.8 Å². The lowest BCUT2D eigenvalue weighted by Crippen LogP contribution is -2.06. The second-order valence-electron chi connectivity index (χ2n) is 4.71. The van der Waals surface area contributed by atoms with Crippen LogP contribution < -0.4 is 9.47 Å². The predicted molar refractivity (Wildman–Crippen MR) is 70.0 cm³/mol. The Hall–Kier alpha value is -0.890. The number of rotatable bonds is 5. The molecular weight excluding hydrogens is 236 g/mol. The quantitative estimate of drug-likeness (QED) is 0.739. The van der Waals surface area contributed by atoms with E-state index in [1.807, 2.05) is 18.2 Å². The van der Waals surface area contributed by atoms with Crippen molar-refractivity contribution in [2.45, 2.75) is 25.1 Å². The van der Waals surface area contributed by atoms with Crippen LogP contribution in [0.3, 0.4) is 0 Å². The Kier molecular flexibility index (Phi) is 3.82. The molecule has 0 bridgehead atoms. The molecule has 1 fully saturated rings. The maximum atomic E-state index is 6.52. The van der Waals surface area contributed by atoms with Gasteiger partial charge in [0.25, 0.3) is 0 Å². The van der Waals surface area contributed by atoms with Crippen LogP contribution >= 0.6 is 11.6 Å². The summed E-state index contributed by atoms with van der Waals surface area (Å²) >= 11 is 6.52. The van der Waals surface area contributed by atoms with Crippen LogP contribution in [-0.2, 0) is 0 Å². The molecule has 2 rings (SSSR count). The van der Waals surface area contributed by atoms with Crippen molar-refractivity contribution in [2.24, 2.45) is 11.8 Å². The van der Waals surface area contributed by atoms with Gasteiger partial charge in [-0.05, 0) is 42.4 Å². The van der Waals surface area contributed by atoms with Crippen molar-refractivity contribution < 1.29 is 9.47 Å². The van der Waals surface area contributed by atoms with E-state index in [9.17, 15) is 0 Å².